The summed E-state index contributed by atoms with van der Waals surface area (Å²) in [6.45, 7) is 3.82. The number of hydrogen-bond donors (Lipinski definition) is 1. The second-order valence-corrected chi connectivity index (χ2v) is 8.47. The van der Waals surface area contributed by atoms with E-state index in [2.05, 4.69) is 34.5 Å². The van der Waals surface area contributed by atoms with E-state index in [-0.39, 0.29) is 0 Å². The predicted octanol–water partition coefficient (Wildman–Crippen LogP) is 4.23. The fourth-order valence-electron chi connectivity index (χ4n) is 5.78. The van der Waals surface area contributed by atoms with Crippen molar-refractivity contribution in [3.05, 3.63) is 35.4 Å². The summed E-state index contributed by atoms with van der Waals surface area (Å²) in [7, 11) is 0. The molecule has 4 aliphatic rings. The molecule has 0 aromatic heterocycles. The first-order valence-electron chi connectivity index (χ1n) is 9.93. The van der Waals surface area contributed by atoms with Gasteiger partial charge in [0, 0.05) is 12.1 Å². The summed E-state index contributed by atoms with van der Waals surface area (Å²) in [5.41, 5.74) is 4.02. The molecule has 5 rings (SSSR count). The Morgan fingerprint density at radius 2 is 1.70 bits per heavy atom. The highest BCUT2D eigenvalue weighted by molar-refractivity contribution is 5.36. The molecular formula is C21H30N2. The summed E-state index contributed by atoms with van der Waals surface area (Å²) in [6.07, 6.45) is 11.4. The molecule has 2 heteroatoms. The smallest absolute Gasteiger partial charge is 0.0354 e. The predicted molar refractivity (Wildman–Crippen MR) is 94.7 cm³/mol. The third-order valence-corrected chi connectivity index (χ3v) is 7.29. The van der Waals surface area contributed by atoms with Crippen LogP contribution in [-0.4, -0.2) is 30.6 Å². The van der Waals surface area contributed by atoms with E-state index in [4.69, 9.17) is 0 Å². The van der Waals surface area contributed by atoms with Crippen LogP contribution in [-0.2, 0) is 0 Å². The maximum absolute atomic E-state index is 3.58. The molecule has 2 saturated heterocycles. The van der Waals surface area contributed by atoms with Crippen LogP contribution in [0, 0.1) is 5.41 Å². The molecule has 2 saturated carbocycles. The van der Waals surface area contributed by atoms with E-state index in [1.54, 1.807) is 11.1 Å². The van der Waals surface area contributed by atoms with Crippen molar-refractivity contribution < 1.29 is 0 Å². The van der Waals surface area contributed by atoms with Crippen LogP contribution in [0.1, 0.15) is 74.5 Å². The molecule has 2 nitrogen and oxygen atoms in total. The molecule has 2 aliphatic heterocycles. The number of nitrogens with zero attached hydrogens (tertiary/aromatic N) is 1. The first-order chi connectivity index (χ1) is 11.4. The van der Waals surface area contributed by atoms with Crippen molar-refractivity contribution >= 4 is 0 Å². The van der Waals surface area contributed by atoms with Gasteiger partial charge in [-0.15, -0.1) is 0 Å². The van der Waals surface area contributed by atoms with Gasteiger partial charge < -0.3 is 5.32 Å². The molecule has 2 aliphatic carbocycles. The minimum Gasteiger partial charge on any atom is -0.317 e. The van der Waals surface area contributed by atoms with Crippen molar-refractivity contribution in [2.75, 3.05) is 19.6 Å². The Balaban J connectivity index is 1.43. The van der Waals surface area contributed by atoms with E-state index in [0.29, 0.717) is 11.5 Å². The molecule has 0 amide bonds. The normalized spacial score (nSPS) is 33.7. The van der Waals surface area contributed by atoms with Crippen molar-refractivity contribution in [1.29, 1.82) is 0 Å². The quantitative estimate of drug-likeness (QED) is 0.898. The van der Waals surface area contributed by atoms with Crippen LogP contribution in [0.2, 0.25) is 0 Å². The van der Waals surface area contributed by atoms with E-state index < -0.39 is 0 Å². The second-order valence-electron chi connectivity index (χ2n) is 8.47. The topological polar surface area (TPSA) is 15.3 Å². The highest BCUT2D eigenvalue weighted by Crippen LogP contribution is 2.55. The van der Waals surface area contributed by atoms with E-state index in [9.17, 15) is 0 Å². The molecule has 2 atom stereocenters. The maximum atomic E-state index is 3.58. The van der Waals surface area contributed by atoms with Gasteiger partial charge in [0.05, 0.1) is 0 Å². The third kappa shape index (κ3) is 2.37. The summed E-state index contributed by atoms with van der Waals surface area (Å²) in [5, 5.41) is 3.58. The lowest BCUT2D eigenvalue weighted by atomic mass is 9.58. The fraction of sp³-hybridized carbons (Fsp3) is 0.714. The van der Waals surface area contributed by atoms with Gasteiger partial charge in [-0.05, 0) is 93.5 Å². The van der Waals surface area contributed by atoms with E-state index in [1.807, 2.05) is 0 Å². The van der Waals surface area contributed by atoms with E-state index in [1.165, 1.54) is 71.0 Å². The molecule has 1 aromatic carbocycles. The maximum Gasteiger partial charge on any atom is 0.0354 e. The van der Waals surface area contributed by atoms with Crippen molar-refractivity contribution in [3.8, 4) is 0 Å². The number of nitrogens with one attached hydrogen (secondary N) is 1. The highest BCUT2D eigenvalue weighted by Gasteiger charge is 2.52. The molecule has 0 bridgehead atoms. The van der Waals surface area contributed by atoms with Crippen LogP contribution >= 0.6 is 0 Å². The Morgan fingerprint density at radius 1 is 0.913 bits per heavy atom. The lowest BCUT2D eigenvalue weighted by Crippen LogP contribution is -2.58. The molecule has 124 valence electrons. The zero-order valence-corrected chi connectivity index (χ0v) is 14.3. The Morgan fingerprint density at radius 3 is 2.39 bits per heavy atom. The Kier molecular flexibility index (Phi) is 3.52. The number of rotatable bonds is 3. The van der Waals surface area contributed by atoms with Gasteiger partial charge in [-0.25, -0.2) is 0 Å². The van der Waals surface area contributed by atoms with Crippen molar-refractivity contribution in [2.24, 2.45) is 5.41 Å². The molecule has 2 unspecified atom stereocenters. The van der Waals surface area contributed by atoms with Crippen LogP contribution in [0.5, 0.6) is 0 Å². The summed E-state index contributed by atoms with van der Waals surface area (Å²) < 4.78 is 0. The molecule has 1 N–H and O–H groups in total. The first kappa shape index (κ1) is 14.5. The molecule has 0 radical (unpaired) electrons. The molecule has 1 spiro atoms. The van der Waals surface area contributed by atoms with Gasteiger partial charge in [-0.1, -0.05) is 24.3 Å². The van der Waals surface area contributed by atoms with Crippen LogP contribution in [0.4, 0.5) is 0 Å². The van der Waals surface area contributed by atoms with Gasteiger partial charge in [0.25, 0.3) is 0 Å². The highest BCUT2D eigenvalue weighted by atomic mass is 15.2. The Bertz CT molecular complexity index is 571. The zero-order valence-electron chi connectivity index (χ0n) is 14.3. The van der Waals surface area contributed by atoms with Crippen LogP contribution in [0.3, 0.4) is 0 Å². The summed E-state index contributed by atoms with van der Waals surface area (Å²) >= 11 is 0. The SMILES string of the molecule is c1ccc(C2CCCN2C2CCC23CCNCC3)c(C2CC2)c1. The molecule has 4 fully saturated rings. The average Bonchev–Trinajstić information content (AvgIpc) is 3.34. The summed E-state index contributed by atoms with van der Waals surface area (Å²) in [6, 6.07) is 11.0. The van der Waals surface area contributed by atoms with Gasteiger partial charge in [0.1, 0.15) is 0 Å². The largest absolute Gasteiger partial charge is 0.317 e. The minimum absolute atomic E-state index is 0.655. The van der Waals surface area contributed by atoms with Gasteiger partial charge in [0.2, 0.25) is 0 Å². The second kappa shape index (κ2) is 5.60. The van der Waals surface area contributed by atoms with Crippen LogP contribution in [0.15, 0.2) is 24.3 Å². The number of hydrogen-bond acceptors (Lipinski definition) is 2. The zero-order chi connectivity index (χ0) is 15.3. The Labute approximate surface area is 140 Å². The number of benzene rings is 1. The fourth-order valence-corrected chi connectivity index (χ4v) is 5.78. The van der Waals surface area contributed by atoms with Gasteiger partial charge >= 0.3 is 0 Å². The molecule has 23 heavy (non-hydrogen) atoms. The third-order valence-electron chi connectivity index (χ3n) is 7.29. The van der Waals surface area contributed by atoms with E-state index >= 15 is 0 Å². The Hall–Kier alpha value is -0.860. The van der Waals surface area contributed by atoms with Crippen molar-refractivity contribution in [2.45, 2.75) is 69.4 Å². The standard InChI is InChI=1S/C21H30N2/c1-2-5-18(17(4-1)16-7-8-16)19-6-3-15-23(19)20-9-10-21(20)11-13-22-14-12-21/h1-2,4-5,16,19-20,22H,3,6-15H2. The summed E-state index contributed by atoms with van der Waals surface area (Å²) in [4.78, 5) is 2.94. The van der Waals surface area contributed by atoms with E-state index in [0.717, 1.165) is 12.0 Å². The minimum atomic E-state index is 0.655. The summed E-state index contributed by atoms with van der Waals surface area (Å²) in [5.74, 6) is 0.878. The van der Waals surface area contributed by atoms with Gasteiger partial charge in [-0.2, -0.15) is 0 Å². The van der Waals surface area contributed by atoms with Crippen LogP contribution in [0.25, 0.3) is 0 Å². The van der Waals surface area contributed by atoms with Crippen molar-refractivity contribution in [1.82, 2.24) is 10.2 Å². The van der Waals surface area contributed by atoms with Crippen molar-refractivity contribution in [3.63, 3.8) is 0 Å². The molecule has 2 heterocycles. The monoisotopic (exact) mass is 310 g/mol. The van der Waals surface area contributed by atoms with Gasteiger partial charge in [0.15, 0.2) is 0 Å². The molecule has 1 aromatic rings. The number of likely N-dealkylation sites (tertiary alicyclic amines) is 1. The van der Waals surface area contributed by atoms with Crippen LogP contribution < -0.4 is 5.32 Å². The lowest BCUT2D eigenvalue weighted by Gasteiger charge is -2.57. The lowest BCUT2D eigenvalue weighted by molar-refractivity contribution is -0.0545. The molecular weight excluding hydrogens is 280 g/mol. The average molecular weight is 310 g/mol. The number of piperidine rings is 1. The first-order valence-corrected chi connectivity index (χ1v) is 9.93. The van der Waals surface area contributed by atoms with Gasteiger partial charge in [-0.3, -0.25) is 4.90 Å².